The van der Waals surface area contributed by atoms with Crippen LogP contribution in [-0.4, -0.2) is 36.6 Å². The van der Waals surface area contributed by atoms with Crippen molar-refractivity contribution >= 4 is 17.7 Å². The fourth-order valence-electron chi connectivity index (χ4n) is 2.55. The Bertz CT molecular complexity index is 577. The van der Waals surface area contributed by atoms with Crippen LogP contribution in [0.2, 0.25) is 0 Å². The Kier molecular flexibility index (Phi) is 5.96. The first-order chi connectivity index (χ1) is 11.0. The minimum absolute atomic E-state index is 0.193. The number of nitrogens with one attached hydrogen (secondary N) is 1. The van der Waals surface area contributed by atoms with Gasteiger partial charge in [0.15, 0.2) is 0 Å². The van der Waals surface area contributed by atoms with Crippen molar-refractivity contribution in [1.82, 2.24) is 4.90 Å². The molecule has 126 valence electrons. The van der Waals surface area contributed by atoms with Gasteiger partial charge in [-0.2, -0.15) is 0 Å². The number of benzene rings is 1. The summed E-state index contributed by atoms with van der Waals surface area (Å²) in [6.07, 6.45) is 1.85. The number of rotatable bonds is 4. The molecule has 1 fully saturated rings. The first-order valence-corrected chi connectivity index (χ1v) is 8.00. The molecule has 0 radical (unpaired) electrons. The summed E-state index contributed by atoms with van der Waals surface area (Å²) in [5.41, 5.74) is 0.967. The molecule has 1 aromatic carbocycles. The highest BCUT2D eigenvalue weighted by Crippen LogP contribution is 2.20. The summed E-state index contributed by atoms with van der Waals surface area (Å²) >= 11 is 0. The number of aryl methyl sites for hydroxylation is 1. The van der Waals surface area contributed by atoms with Gasteiger partial charge in [0.25, 0.3) is 0 Å². The van der Waals surface area contributed by atoms with E-state index in [2.05, 4.69) is 5.32 Å². The molecular formula is C17H23FN2O3. The molecular weight excluding hydrogens is 299 g/mol. The van der Waals surface area contributed by atoms with Gasteiger partial charge >= 0.3 is 6.09 Å². The van der Waals surface area contributed by atoms with E-state index in [0.29, 0.717) is 37.4 Å². The number of carbonyl (C=O) groups is 2. The first kappa shape index (κ1) is 17.2. The molecule has 0 unspecified atom stereocenters. The quantitative estimate of drug-likeness (QED) is 0.925. The summed E-state index contributed by atoms with van der Waals surface area (Å²) in [7, 11) is 0. The van der Waals surface area contributed by atoms with Crippen LogP contribution in [0, 0.1) is 18.7 Å². The number of likely N-dealkylation sites (tertiary alicyclic amines) is 1. The largest absolute Gasteiger partial charge is 0.449 e. The molecule has 1 N–H and O–H groups in total. The molecule has 0 aromatic heterocycles. The fraction of sp³-hybridized carbons (Fsp3) is 0.529. The maximum atomic E-state index is 13.5. The predicted molar refractivity (Wildman–Crippen MR) is 85.7 cm³/mol. The van der Waals surface area contributed by atoms with Gasteiger partial charge in [0.1, 0.15) is 5.82 Å². The molecule has 1 aromatic rings. The molecule has 0 aliphatic carbocycles. The zero-order valence-electron chi connectivity index (χ0n) is 13.6. The van der Waals surface area contributed by atoms with Crippen LogP contribution in [0.15, 0.2) is 18.2 Å². The second-order valence-electron chi connectivity index (χ2n) is 5.85. The molecule has 1 atom stereocenters. The van der Waals surface area contributed by atoms with E-state index in [1.807, 2.05) is 6.92 Å². The Balaban J connectivity index is 1.93. The van der Waals surface area contributed by atoms with Crippen molar-refractivity contribution in [3.05, 3.63) is 29.6 Å². The maximum absolute atomic E-state index is 13.5. The van der Waals surface area contributed by atoms with Gasteiger partial charge in [0.05, 0.1) is 12.5 Å². The lowest BCUT2D eigenvalue weighted by Crippen LogP contribution is -2.44. The minimum Gasteiger partial charge on any atom is -0.449 e. The van der Waals surface area contributed by atoms with Crippen LogP contribution in [0.1, 0.15) is 31.7 Å². The molecule has 1 saturated heterocycles. The van der Waals surface area contributed by atoms with Crippen LogP contribution in [-0.2, 0) is 9.53 Å². The van der Waals surface area contributed by atoms with E-state index in [-0.39, 0.29) is 23.7 Å². The molecule has 23 heavy (non-hydrogen) atoms. The standard InChI is InChI=1S/C17H23FN2O3/c1-3-9-23-17(22)20-8-4-5-13(11-20)16(21)19-14-7-6-12(2)15(18)10-14/h6-7,10,13H,3-5,8-9,11H2,1-2H3,(H,19,21)/t13-/m0/s1. The van der Waals surface area contributed by atoms with Crippen molar-refractivity contribution in [2.75, 3.05) is 25.0 Å². The summed E-state index contributed by atoms with van der Waals surface area (Å²) < 4.78 is 18.6. The Morgan fingerprint density at radius 1 is 1.43 bits per heavy atom. The lowest BCUT2D eigenvalue weighted by atomic mass is 9.97. The molecule has 1 heterocycles. The highest BCUT2D eigenvalue weighted by Gasteiger charge is 2.29. The lowest BCUT2D eigenvalue weighted by molar-refractivity contribution is -0.121. The number of ether oxygens (including phenoxy) is 1. The second-order valence-corrected chi connectivity index (χ2v) is 5.85. The zero-order chi connectivity index (χ0) is 16.8. The molecule has 0 bridgehead atoms. The molecule has 2 rings (SSSR count). The SMILES string of the molecule is CCCOC(=O)N1CCC[C@H](C(=O)Nc2ccc(C)c(F)c2)C1. The van der Waals surface area contributed by atoms with E-state index < -0.39 is 0 Å². The monoisotopic (exact) mass is 322 g/mol. The normalized spacial score (nSPS) is 17.7. The van der Waals surface area contributed by atoms with Gasteiger partial charge < -0.3 is 15.0 Å². The first-order valence-electron chi connectivity index (χ1n) is 8.00. The average molecular weight is 322 g/mol. The number of halogens is 1. The van der Waals surface area contributed by atoms with Crippen molar-refractivity contribution < 1.29 is 18.7 Å². The maximum Gasteiger partial charge on any atom is 0.409 e. The summed E-state index contributed by atoms with van der Waals surface area (Å²) in [6.45, 7) is 4.92. The van der Waals surface area contributed by atoms with E-state index in [0.717, 1.165) is 12.8 Å². The third-order valence-corrected chi connectivity index (χ3v) is 3.92. The molecule has 5 nitrogen and oxygen atoms in total. The fourth-order valence-corrected chi connectivity index (χ4v) is 2.55. The van der Waals surface area contributed by atoms with Gasteiger partial charge in [0, 0.05) is 18.8 Å². The summed E-state index contributed by atoms with van der Waals surface area (Å²) in [6, 6.07) is 4.61. The van der Waals surface area contributed by atoms with E-state index in [4.69, 9.17) is 4.74 Å². The molecule has 2 amide bonds. The third kappa shape index (κ3) is 4.68. The van der Waals surface area contributed by atoms with Crippen LogP contribution in [0.25, 0.3) is 0 Å². The van der Waals surface area contributed by atoms with E-state index >= 15 is 0 Å². The molecule has 0 saturated carbocycles. The smallest absolute Gasteiger partial charge is 0.409 e. The number of hydrogen-bond donors (Lipinski definition) is 1. The van der Waals surface area contributed by atoms with Crippen LogP contribution in [0.5, 0.6) is 0 Å². The van der Waals surface area contributed by atoms with Crippen LogP contribution >= 0.6 is 0 Å². The summed E-state index contributed by atoms with van der Waals surface area (Å²) in [4.78, 5) is 25.8. The highest BCUT2D eigenvalue weighted by molar-refractivity contribution is 5.93. The molecule has 6 heteroatoms. The van der Waals surface area contributed by atoms with Crippen LogP contribution in [0.4, 0.5) is 14.9 Å². The van der Waals surface area contributed by atoms with Gasteiger partial charge in [-0.3, -0.25) is 4.79 Å². The van der Waals surface area contributed by atoms with Crippen molar-refractivity contribution in [3.63, 3.8) is 0 Å². The average Bonchev–Trinajstić information content (AvgIpc) is 2.56. The van der Waals surface area contributed by atoms with Crippen molar-refractivity contribution in [3.8, 4) is 0 Å². The number of carbonyl (C=O) groups excluding carboxylic acids is 2. The van der Waals surface area contributed by atoms with Crippen LogP contribution in [0.3, 0.4) is 0 Å². The number of piperidine rings is 1. The minimum atomic E-state index is -0.370. The topological polar surface area (TPSA) is 58.6 Å². The van der Waals surface area contributed by atoms with Crippen molar-refractivity contribution in [1.29, 1.82) is 0 Å². The summed E-state index contributed by atoms with van der Waals surface area (Å²) in [5, 5.41) is 2.72. The van der Waals surface area contributed by atoms with E-state index in [9.17, 15) is 14.0 Å². The van der Waals surface area contributed by atoms with Gasteiger partial charge in [-0.15, -0.1) is 0 Å². The molecule has 1 aliphatic rings. The van der Waals surface area contributed by atoms with Crippen molar-refractivity contribution in [2.24, 2.45) is 5.92 Å². The van der Waals surface area contributed by atoms with Gasteiger partial charge in [-0.25, -0.2) is 9.18 Å². The van der Waals surface area contributed by atoms with Gasteiger partial charge in [-0.1, -0.05) is 13.0 Å². The highest BCUT2D eigenvalue weighted by atomic mass is 19.1. The van der Waals surface area contributed by atoms with Gasteiger partial charge in [0.2, 0.25) is 5.91 Å². The third-order valence-electron chi connectivity index (χ3n) is 3.92. The Hall–Kier alpha value is -2.11. The Labute approximate surface area is 135 Å². The Morgan fingerprint density at radius 3 is 2.91 bits per heavy atom. The lowest BCUT2D eigenvalue weighted by Gasteiger charge is -2.31. The number of amides is 2. The second kappa shape index (κ2) is 7.94. The molecule has 0 spiro atoms. The summed E-state index contributed by atoms with van der Waals surface area (Å²) in [5.74, 6) is -0.847. The number of nitrogens with zero attached hydrogens (tertiary/aromatic N) is 1. The number of anilines is 1. The van der Waals surface area contributed by atoms with Crippen molar-refractivity contribution in [2.45, 2.75) is 33.1 Å². The predicted octanol–water partition coefficient (Wildman–Crippen LogP) is 3.33. The van der Waals surface area contributed by atoms with E-state index in [1.165, 1.54) is 6.07 Å². The zero-order valence-corrected chi connectivity index (χ0v) is 13.6. The Morgan fingerprint density at radius 2 is 2.22 bits per heavy atom. The van der Waals surface area contributed by atoms with E-state index in [1.54, 1.807) is 24.0 Å². The molecule has 1 aliphatic heterocycles. The van der Waals surface area contributed by atoms with Crippen LogP contribution < -0.4 is 5.32 Å². The van der Waals surface area contributed by atoms with Gasteiger partial charge in [-0.05, 0) is 43.9 Å². The number of hydrogen-bond acceptors (Lipinski definition) is 3.